The summed E-state index contributed by atoms with van der Waals surface area (Å²) in [7, 11) is -2.61. The molecule has 2 aliphatic heterocycles. The van der Waals surface area contributed by atoms with Gasteiger partial charge in [0.05, 0.1) is 5.75 Å². The van der Waals surface area contributed by atoms with Gasteiger partial charge in [0.25, 0.3) is 0 Å². The predicted molar refractivity (Wildman–Crippen MR) is 222 cm³/mol. The number of hydrogen-bond donors (Lipinski definition) is 0. The minimum absolute atomic E-state index is 0.175. The molecule has 5 heteroatoms. The minimum atomic E-state index is -3.29. The second-order valence-corrected chi connectivity index (χ2v) is 21.3. The van der Waals surface area contributed by atoms with Crippen LogP contribution in [0.15, 0.2) is 114 Å². The first-order chi connectivity index (χ1) is 31.7. The second kappa shape index (κ2) is 12.4. The molecular weight excluding hydrogens is 655 g/mol. The van der Waals surface area contributed by atoms with Crippen LogP contribution in [-0.2, 0) is 5.41 Å². The zero-order valence-electron chi connectivity index (χ0n) is 46.2. The zero-order chi connectivity index (χ0) is 50.8. The average Bonchev–Trinajstić information content (AvgIpc) is 3.21. The lowest BCUT2D eigenvalue weighted by Gasteiger charge is -2.35. The van der Waals surface area contributed by atoms with E-state index in [0.29, 0.717) is 16.1 Å². The van der Waals surface area contributed by atoms with E-state index in [1.165, 1.54) is 71.9 Å². The maximum atomic E-state index is 9.20. The number of para-hydroxylation sites is 3. The lowest BCUT2D eigenvalue weighted by Crippen LogP contribution is -2.46. The largest absolute Gasteiger partial charge is 0.556 e. The van der Waals surface area contributed by atoms with Crippen molar-refractivity contribution in [3.05, 3.63) is 143 Å². The summed E-state index contributed by atoms with van der Waals surface area (Å²) in [6.07, 6.45) is 0. The molecule has 0 aromatic heterocycles. The van der Waals surface area contributed by atoms with E-state index in [9.17, 15) is 4.11 Å². The highest BCUT2D eigenvalue weighted by Crippen LogP contribution is 2.52. The predicted octanol–water partition coefficient (Wildman–Crippen LogP) is 11.8. The molecule has 254 valence electrons. The van der Waals surface area contributed by atoms with Crippen molar-refractivity contribution in [2.75, 3.05) is 0 Å². The monoisotopic (exact) mass is 718 g/mol. The van der Waals surface area contributed by atoms with Gasteiger partial charge in [-0.3, -0.25) is 0 Å². The molecule has 0 N–H and O–H groups in total. The number of ether oxygens (including phenoxy) is 1. The molecule has 2 nitrogen and oxygen atoms in total. The van der Waals surface area contributed by atoms with Crippen LogP contribution in [0.2, 0.25) is 19.9 Å². The van der Waals surface area contributed by atoms with Gasteiger partial charge in [0.15, 0.2) is 7.22 Å². The zero-order valence-corrected chi connectivity index (χ0v) is 30.0. The molecule has 51 heavy (non-hydrogen) atoms. The van der Waals surface area contributed by atoms with E-state index in [1.807, 2.05) is 37.2 Å². The quantitative estimate of drug-likeness (QED) is 0.170. The first-order valence-electron chi connectivity index (χ1n) is 25.6. The fourth-order valence-electron chi connectivity index (χ4n) is 7.29. The number of aryl methyl sites for hydroxylation is 2. The van der Waals surface area contributed by atoms with Crippen molar-refractivity contribution in [3.8, 4) is 50.6 Å². The summed E-state index contributed by atoms with van der Waals surface area (Å²) in [5, 5.41) is 0.970. The van der Waals surface area contributed by atoms with Gasteiger partial charge in [-0.05, 0) is 107 Å². The van der Waals surface area contributed by atoms with Gasteiger partial charge in [-0.25, -0.2) is 0 Å². The maximum absolute atomic E-state index is 9.20. The van der Waals surface area contributed by atoms with E-state index in [4.69, 9.17) is 30.0 Å². The third-order valence-electron chi connectivity index (χ3n) is 9.84. The average molecular weight is 719 g/mol. The van der Waals surface area contributed by atoms with Gasteiger partial charge < -0.3 is 9.39 Å². The van der Waals surface area contributed by atoms with E-state index in [-0.39, 0.29) is 50.3 Å². The van der Waals surface area contributed by atoms with Gasteiger partial charge in [0.1, 0.15) is 11.5 Å². The maximum Gasteiger partial charge on any atom is 0.389 e. The van der Waals surface area contributed by atoms with Gasteiger partial charge in [-0.2, -0.15) is 0 Å². The van der Waals surface area contributed by atoms with Gasteiger partial charge in [-0.15, -0.1) is 11.2 Å². The Bertz CT molecular complexity index is 3010. The molecule has 0 bridgehead atoms. The SMILES string of the molecule is [2H]C([2H])([2H])c1ccc(-c2ccc(C([2H])([2H])[2H])c(-c3cccc4c3S[Si](C)(C)c3ccccc3OB4C)c2C([2H])([2H])[2H])c(C([2H])([2H])[2H])c1-c1cccc2c1Oc1ccccc1C2(C([2H])([2H])[2H])C([2H])([2H])[2H]. The van der Waals surface area contributed by atoms with Crippen molar-refractivity contribution in [2.45, 2.75) is 71.3 Å². The van der Waals surface area contributed by atoms with Crippen LogP contribution >= 0.6 is 11.2 Å². The van der Waals surface area contributed by atoms with Crippen LogP contribution in [0.1, 0.15) is 71.8 Å². The standard InChI is InChI=1S/C46H45BO2SSi/c1-28-24-26-32(30(3)42(28)34-16-14-19-37-44(34)48-39-21-11-10-18-36(39)46(37,5)6)33-27-25-29(2)43(31(33)4)35-17-15-20-38-45(35)50-51(8,9)41-23-13-12-22-40(41)49-47(38)7/h10-27H,1-9H3/i1D3,2D3,3D3,4D3,5D3,6D3. The van der Waals surface area contributed by atoms with Gasteiger partial charge in [0.2, 0.25) is 0 Å². The number of hydrogen-bond acceptors (Lipinski definition) is 3. The number of rotatable bonds is 3. The molecule has 0 saturated carbocycles. The molecule has 6 aromatic carbocycles. The van der Waals surface area contributed by atoms with Crippen LogP contribution in [0.5, 0.6) is 17.2 Å². The number of benzene rings is 6. The lowest BCUT2D eigenvalue weighted by molar-refractivity contribution is 0.419. The fourth-order valence-corrected chi connectivity index (χ4v) is 12.8. The summed E-state index contributed by atoms with van der Waals surface area (Å²) in [6, 6.07) is 27.1. The Kier molecular flexibility index (Phi) is 4.57. The third kappa shape index (κ3) is 5.39. The molecule has 0 unspecified atom stereocenters. The summed E-state index contributed by atoms with van der Waals surface area (Å²) in [6.45, 7) is -13.6. The van der Waals surface area contributed by atoms with Crippen molar-refractivity contribution < 1.29 is 34.1 Å². The van der Waals surface area contributed by atoms with E-state index >= 15 is 0 Å². The third-order valence-corrected chi connectivity index (χ3v) is 15.5. The first-order valence-corrected chi connectivity index (χ1v) is 21.1. The van der Waals surface area contributed by atoms with Gasteiger partial charge in [-0.1, -0.05) is 124 Å². The minimum Gasteiger partial charge on any atom is -0.556 e. The van der Waals surface area contributed by atoms with E-state index in [1.54, 1.807) is 12.1 Å². The van der Waals surface area contributed by atoms with Crippen LogP contribution in [0.25, 0.3) is 33.4 Å². The molecule has 2 aliphatic rings. The van der Waals surface area contributed by atoms with Crippen molar-refractivity contribution in [2.24, 2.45) is 0 Å². The lowest BCUT2D eigenvalue weighted by atomic mass is 9.63. The molecule has 0 spiro atoms. The van der Waals surface area contributed by atoms with E-state index in [0.717, 1.165) is 11.3 Å². The summed E-state index contributed by atoms with van der Waals surface area (Å²) < 4.78 is 173. The Balaban J connectivity index is 1.52. The molecule has 0 amide bonds. The van der Waals surface area contributed by atoms with E-state index in [2.05, 4.69) is 13.1 Å². The van der Waals surface area contributed by atoms with Crippen LogP contribution in [0.4, 0.5) is 0 Å². The van der Waals surface area contributed by atoms with E-state index < -0.39 is 88.7 Å². The highest BCUT2D eigenvalue weighted by Gasteiger charge is 2.37. The van der Waals surface area contributed by atoms with Crippen molar-refractivity contribution in [1.29, 1.82) is 0 Å². The van der Waals surface area contributed by atoms with Crippen molar-refractivity contribution in [1.82, 2.24) is 0 Å². The Hall–Kier alpha value is -4.45. The van der Waals surface area contributed by atoms with Crippen LogP contribution in [0.3, 0.4) is 0 Å². The summed E-state index contributed by atoms with van der Waals surface area (Å²) >= 11 is 1.52. The summed E-state index contributed by atoms with van der Waals surface area (Å²) in [4.78, 5) is 0.583. The molecule has 2 heterocycles. The molecule has 0 fully saturated rings. The van der Waals surface area contributed by atoms with Gasteiger partial charge >= 0.3 is 6.92 Å². The summed E-state index contributed by atoms with van der Waals surface area (Å²) in [5.41, 5.74) is -5.96. The molecule has 0 aliphatic carbocycles. The van der Waals surface area contributed by atoms with Gasteiger partial charge in [0, 0.05) is 51.7 Å². The molecule has 0 saturated heterocycles. The molecule has 6 aromatic rings. The smallest absolute Gasteiger partial charge is 0.389 e. The van der Waals surface area contributed by atoms with Crippen molar-refractivity contribution in [3.63, 3.8) is 0 Å². The Morgan fingerprint density at radius 1 is 0.627 bits per heavy atom. The Morgan fingerprint density at radius 2 is 1.25 bits per heavy atom. The van der Waals surface area contributed by atoms with Crippen LogP contribution in [-0.4, -0.2) is 14.1 Å². The Labute approximate surface area is 334 Å². The number of fused-ring (bicyclic) bond motifs is 4. The van der Waals surface area contributed by atoms with Crippen LogP contribution < -0.4 is 20.0 Å². The van der Waals surface area contributed by atoms with Crippen molar-refractivity contribution >= 4 is 36.0 Å². The summed E-state index contributed by atoms with van der Waals surface area (Å²) in [5.74, 6) is 0.103. The van der Waals surface area contributed by atoms with Crippen LogP contribution in [0, 0.1) is 27.4 Å². The Morgan fingerprint density at radius 3 is 1.96 bits per heavy atom. The fraction of sp³-hybridized carbons (Fsp3) is 0.217. The first kappa shape index (κ1) is 18.9. The second-order valence-electron chi connectivity index (χ2n) is 13.4. The highest BCUT2D eigenvalue weighted by molar-refractivity contribution is 8.30. The molecule has 0 radical (unpaired) electrons. The molecule has 8 rings (SSSR count). The topological polar surface area (TPSA) is 18.5 Å². The molecule has 0 atom stereocenters. The normalized spacial score (nSPS) is 22.0. The highest BCUT2D eigenvalue weighted by atomic mass is 32.4. The molecular formula is C46H45BO2SSi.